The van der Waals surface area contributed by atoms with Crippen molar-refractivity contribution in [2.45, 2.75) is 12.5 Å². The summed E-state index contributed by atoms with van der Waals surface area (Å²) in [6.45, 7) is 1.19. The normalized spacial score (nSPS) is 14.8. The van der Waals surface area contributed by atoms with Crippen molar-refractivity contribution in [1.29, 1.82) is 0 Å². The molecule has 76 valence electrons. The third-order valence-corrected chi connectivity index (χ3v) is 1.96. The predicted molar refractivity (Wildman–Crippen MR) is 47.2 cm³/mol. The van der Waals surface area contributed by atoms with E-state index in [9.17, 15) is 9.18 Å². The minimum Gasteiger partial charge on any atom is -0.508 e. The Kier molecular flexibility index (Phi) is 2.44. The van der Waals surface area contributed by atoms with E-state index in [1.165, 1.54) is 13.0 Å². The van der Waals surface area contributed by atoms with Gasteiger partial charge in [0.15, 0.2) is 0 Å². The molecule has 4 N–H and O–H groups in total. The summed E-state index contributed by atoms with van der Waals surface area (Å²) in [5.74, 6) is -2.44. The number of aliphatic carboxylic acids is 1. The molecule has 1 aromatic rings. The Bertz CT molecular complexity index is 376. The first-order valence-corrected chi connectivity index (χ1v) is 3.87. The van der Waals surface area contributed by atoms with E-state index in [0.29, 0.717) is 0 Å². The maximum Gasteiger partial charge on any atom is 0.328 e. The molecule has 4 nitrogen and oxygen atoms in total. The summed E-state index contributed by atoms with van der Waals surface area (Å²) < 4.78 is 13.2. The van der Waals surface area contributed by atoms with Crippen molar-refractivity contribution in [1.82, 2.24) is 0 Å². The molecule has 0 radical (unpaired) electrons. The number of rotatable bonds is 2. The van der Waals surface area contributed by atoms with Crippen molar-refractivity contribution in [3.8, 4) is 5.75 Å². The van der Waals surface area contributed by atoms with Crippen LogP contribution in [-0.4, -0.2) is 16.2 Å². The Morgan fingerprint density at radius 3 is 2.57 bits per heavy atom. The Labute approximate surface area is 79.8 Å². The maximum atomic E-state index is 13.2. The number of hydrogen-bond acceptors (Lipinski definition) is 3. The van der Waals surface area contributed by atoms with E-state index >= 15 is 0 Å². The number of aromatic hydroxyl groups is 1. The highest BCUT2D eigenvalue weighted by molar-refractivity contribution is 5.80. The molecule has 0 heterocycles. The van der Waals surface area contributed by atoms with Gasteiger partial charge in [0.2, 0.25) is 0 Å². The van der Waals surface area contributed by atoms with Crippen molar-refractivity contribution < 1.29 is 19.4 Å². The van der Waals surface area contributed by atoms with E-state index in [0.717, 1.165) is 12.1 Å². The van der Waals surface area contributed by atoms with Gasteiger partial charge in [-0.3, -0.25) is 0 Å². The second-order valence-electron chi connectivity index (χ2n) is 3.17. The van der Waals surface area contributed by atoms with E-state index in [1.807, 2.05) is 0 Å². The number of nitrogens with two attached hydrogens (primary N) is 1. The highest BCUT2D eigenvalue weighted by Gasteiger charge is 2.32. The van der Waals surface area contributed by atoms with Crippen LogP contribution in [0.1, 0.15) is 12.5 Å². The minimum atomic E-state index is -1.79. The van der Waals surface area contributed by atoms with E-state index < -0.39 is 17.3 Å². The number of phenolic OH excluding ortho intramolecular Hbond substituents is 1. The minimum absolute atomic E-state index is 0.164. The summed E-state index contributed by atoms with van der Waals surface area (Å²) in [6.07, 6.45) is 0. The lowest BCUT2D eigenvalue weighted by atomic mass is 9.93. The fourth-order valence-corrected chi connectivity index (χ4v) is 1.04. The Morgan fingerprint density at radius 1 is 1.57 bits per heavy atom. The van der Waals surface area contributed by atoms with Gasteiger partial charge in [-0.15, -0.1) is 0 Å². The number of halogens is 1. The van der Waals surface area contributed by atoms with E-state index in [-0.39, 0.29) is 11.3 Å². The average Bonchev–Trinajstić information content (AvgIpc) is 2.02. The van der Waals surface area contributed by atoms with Crippen LogP contribution >= 0.6 is 0 Å². The molecule has 0 saturated heterocycles. The Balaban J connectivity index is 3.26. The molecule has 0 aromatic heterocycles. The molecule has 0 bridgehead atoms. The molecule has 0 aliphatic carbocycles. The smallest absolute Gasteiger partial charge is 0.328 e. The van der Waals surface area contributed by atoms with Gasteiger partial charge in [-0.05, 0) is 19.1 Å². The number of carboxylic acid groups (broad SMARTS) is 1. The monoisotopic (exact) mass is 199 g/mol. The number of benzene rings is 1. The van der Waals surface area contributed by atoms with Crippen molar-refractivity contribution in [2.24, 2.45) is 5.73 Å². The second-order valence-corrected chi connectivity index (χ2v) is 3.17. The third kappa shape index (κ3) is 1.67. The molecule has 0 aliphatic heterocycles. The van der Waals surface area contributed by atoms with E-state index in [4.69, 9.17) is 15.9 Å². The zero-order valence-corrected chi connectivity index (χ0v) is 7.49. The number of carboxylic acids is 1. The molecule has 1 unspecified atom stereocenters. The van der Waals surface area contributed by atoms with Crippen LogP contribution in [0, 0.1) is 5.82 Å². The molecule has 0 fully saturated rings. The van der Waals surface area contributed by atoms with Crippen molar-refractivity contribution in [3.63, 3.8) is 0 Å². The van der Waals surface area contributed by atoms with Crippen LogP contribution in [0.2, 0.25) is 0 Å². The summed E-state index contributed by atoms with van der Waals surface area (Å²) in [7, 11) is 0. The number of carbonyl (C=O) groups is 1. The van der Waals surface area contributed by atoms with E-state index in [2.05, 4.69) is 0 Å². The van der Waals surface area contributed by atoms with Crippen LogP contribution in [0.3, 0.4) is 0 Å². The van der Waals surface area contributed by atoms with Gasteiger partial charge in [-0.1, -0.05) is 0 Å². The zero-order valence-electron chi connectivity index (χ0n) is 7.49. The lowest BCUT2D eigenvalue weighted by Crippen LogP contribution is -2.42. The maximum absolute atomic E-state index is 13.2. The lowest BCUT2D eigenvalue weighted by molar-refractivity contribution is -0.143. The summed E-state index contributed by atoms with van der Waals surface area (Å²) in [4.78, 5) is 10.7. The summed E-state index contributed by atoms with van der Waals surface area (Å²) >= 11 is 0. The molecule has 1 rings (SSSR count). The van der Waals surface area contributed by atoms with Crippen molar-refractivity contribution >= 4 is 5.97 Å². The SMILES string of the molecule is CC(N)(C(=O)O)c1ccc(O)cc1F. The number of hydrogen-bond donors (Lipinski definition) is 3. The molecular weight excluding hydrogens is 189 g/mol. The highest BCUT2D eigenvalue weighted by Crippen LogP contribution is 2.24. The lowest BCUT2D eigenvalue weighted by Gasteiger charge is -2.20. The van der Waals surface area contributed by atoms with Crippen LogP contribution in [0.25, 0.3) is 0 Å². The van der Waals surface area contributed by atoms with Crippen molar-refractivity contribution in [2.75, 3.05) is 0 Å². The molecule has 0 aliphatic rings. The quantitative estimate of drug-likeness (QED) is 0.657. The van der Waals surface area contributed by atoms with Crippen LogP contribution < -0.4 is 5.73 Å². The predicted octanol–water partition coefficient (Wildman–Crippen LogP) is 0.790. The molecule has 0 saturated carbocycles. The van der Waals surface area contributed by atoms with Gasteiger partial charge >= 0.3 is 5.97 Å². The third-order valence-electron chi connectivity index (χ3n) is 1.96. The fraction of sp³-hybridized carbons (Fsp3) is 0.222. The topological polar surface area (TPSA) is 83.6 Å². The van der Waals surface area contributed by atoms with Crippen molar-refractivity contribution in [3.05, 3.63) is 29.6 Å². The van der Waals surface area contributed by atoms with Gasteiger partial charge in [0.25, 0.3) is 0 Å². The summed E-state index contributed by atoms with van der Waals surface area (Å²) in [5, 5.41) is 17.6. The highest BCUT2D eigenvalue weighted by atomic mass is 19.1. The first kappa shape index (κ1) is 10.5. The molecular formula is C9H10FNO3. The summed E-state index contributed by atoms with van der Waals surface area (Å²) in [6, 6.07) is 3.16. The second kappa shape index (κ2) is 3.26. The first-order chi connectivity index (χ1) is 6.35. The molecule has 1 atom stereocenters. The standard InChI is InChI=1S/C9H10FNO3/c1-9(11,8(13)14)6-3-2-5(12)4-7(6)10/h2-4,12H,11H2,1H3,(H,13,14). The van der Waals surface area contributed by atoms with Gasteiger partial charge in [-0.25, -0.2) is 9.18 Å². The van der Waals surface area contributed by atoms with Crippen LogP contribution in [0.4, 0.5) is 4.39 Å². The fourth-order valence-electron chi connectivity index (χ4n) is 1.04. The Morgan fingerprint density at radius 2 is 2.14 bits per heavy atom. The largest absolute Gasteiger partial charge is 0.508 e. The Hall–Kier alpha value is -1.62. The molecule has 5 heteroatoms. The van der Waals surface area contributed by atoms with Gasteiger partial charge < -0.3 is 15.9 Å². The van der Waals surface area contributed by atoms with Gasteiger partial charge in [0.05, 0.1) is 0 Å². The first-order valence-electron chi connectivity index (χ1n) is 3.87. The van der Waals surface area contributed by atoms with Gasteiger partial charge in [-0.2, -0.15) is 0 Å². The van der Waals surface area contributed by atoms with Gasteiger partial charge in [0, 0.05) is 11.6 Å². The number of phenols is 1. The zero-order chi connectivity index (χ0) is 10.9. The average molecular weight is 199 g/mol. The molecule has 0 amide bonds. The van der Waals surface area contributed by atoms with Gasteiger partial charge in [0.1, 0.15) is 17.1 Å². The molecule has 14 heavy (non-hydrogen) atoms. The summed E-state index contributed by atoms with van der Waals surface area (Å²) in [5.41, 5.74) is 3.45. The van der Waals surface area contributed by atoms with Crippen LogP contribution in [0.5, 0.6) is 5.75 Å². The van der Waals surface area contributed by atoms with Crippen LogP contribution in [0.15, 0.2) is 18.2 Å². The molecule has 1 aromatic carbocycles. The molecule has 0 spiro atoms. The van der Waals surface area contributed by atoms with Crippen LogP contribution in [-0.2, 0) is 10.3 Å². The van der Waals surface area contributed by atoms with E-state index in [1.54, 1.807) is 0 Å².